The molecule has 1 saturated heterocycles. The Bertz CT molecular complexity index is 583. The second-order valence-corrected chi connectivity index (χ2v) is 5.62. The van der Waals surface area contributed by atoms with Gasteiger partial charge in [0, 0.05) is 13.0 Å². The van der Waals surface area contributed by atoms with Gasteiger partial charge in [0.2, 0.25) is 0 Å². The minimum atomic E-state index is 0.586. The lowest BCUT2D eigenvalue weighted by molar-refractivity contribution is 0.359. The fraction of sp³-hybridized carbons (Fsp3) is 0.667. The van der Waals surface area contributed by atoms with E-state index in [0.29, 0.717) is 11.8 Å². The molecule has 3 heterocycles. The summed E-state index contributed by atoms with van der Waals surface area (Å²) in [7, 11) is 0. The number of nitrogens with zero attached hydrogens (tertiary/aromatic N) is 4. The van der Waals surface area contributed by atoms with E-state index in [1.165, 1.54) is 12.8 Å². The van der Waals surface area contributed by atoms with Gasteiger partial charge in [0.05, 0.1) is 5.69 Å². The van der Waals surface area contributed by atoms with E-state index in [0.717, 1.165) is 49.7 Å². The van der Waals surface area contributed by atoms with Crippen LogP contribution in [0.1, 0.15) is 38.2 Å². The molecular formula is C15H23N5O. The van der Waals surface area contributed by atoms with Crippen molar-refractivity contribution in [3.05, 3.63) is 17.6 Å². The Morgan fingerprint density at radius 1 is 1.43 bits per heavy atom. The van der Waals surface area contributed by atoms with Gasteiger partial charge in [-0.1, -0.05) is 12.1 Å². The van der Waals surface area contributed by atoms with Crippen molar-refractivity contribution in [3.8, 4) is 11.6 Å². The Labute approximate surface area is 124 Å². The summed E-state index contributed by atoms with van der Waals surface area (Å²) in [6.45, 7) is 7.15. The van der Waals surface area contributed by atoms with Crippen molar-refractivity contribution in [2.45, 2.75) is 46.1 Å². The molecule has 0 aliphatic carbocycles. The summed E-state index contributed by atoms with van der Waals surface area (Å²) < 4.78 is 7.38. The Kier molecular flexibility index (Phi) is 4.34. The molecule has 0 spiro atoms. The Hall–Kier alpha value is -1.69. The highest BCUT2D eigenvalue weighted by molar-refractivity contribution is 5.48. The number of hydrogen-bond acceptors (Lipinski definition) is 5. The molecule has 1 unspecified atom stereocenters. The molecule has 6 heteroatoms. The molecule has 0 bridgehead atoms. The van der Waals surface area contributed by atoms with Crippen LogP contribution in [0.25, 0.3) is 11.6 Å². The lowest BCUT2D eigenvalue weighted by Crippen LogP contribution is -2.31. The summed E-state index contributed by atoms with van der Waals surface area (Å²) in [6, 6.07) is 2.04. The monoisotopic (exact) mass is 289 g/mol. The van der Waals surface area contributed by atoms with Crippen LogP contribution in [0.2, 0.25) is 0 Å². The first-order chi connectivity index (χ1) is 10.3. The van der Waals surface area contributed by atoms with Crippen LogP contribution in [0, 0.1) is 5.92 Å². The molecule has 0 radical (unpaired) electrons. The first kappa shape index (κ1) is 14.3. The molecule has 0 amide bonds. The number of aromatic nitrogens is 4. The van der Waals surface area contributed by atoms with Crippen molar-refractivity contribution in [1.29, 1.82) is 0 Å². The average Bonchev–Trinajstić information content (AvgIpc) is 3.14. The van der Waals surface area contributed by atoms with Crippen molar-refractivity contribution in [2.24, 2.45) is 5.92 Å². The van der Waals surface area contributed by atoms with E-state index in [-0.39, 0.29) is 0 Å². The fourth-order valence-corrected chi connectivity index (χ4v) is 2.85. The largest absolute Gasteiger partial charge is 0.332 e. The molecular weight excluding hydrogens is 266 g/mol. The van der Waals surface area contributed by atoms with Crippen LogP contribution < -0.4 is 5.32 Å². The van der Waals surface area contributed by atoms with Gasteiger partial charge in [-0.3, -0.25) is 4.68 Å². The van der Waals surface area contributed by atoms with Crippen LogP contribution in [-0.2, 0) is 19.4 Å². The van der Waals surface area contributed by atoms with Crippen molar-refractivity contribution < 1.29 is 4.52 Å². The Morgan fingerprint density at radius 3 is 3.05 bits per heavy atom. The molecule has 21 heavy (non-hydrogen) atoms. The molecule has 0 aromatic carbocycles. The topological polar surface area (TPSA) is 68.8 Å². The van der Waals surface area contributed by atoms with Crippen LogP contribution >= 0.6 is 0 Å². The van der Waals surface area contributed by atoms with E-state index in [9.17, 15) is 0 Å². The van der Waals surface area contributed by atoms with Gasteiger partial charge >= 0.3 is 0 Å². The molecule has 1 aliphatic heterocycles. The summed E-state index contributed by atoms with van der Waals surface area (Å²) in [4.78, 5) is 4.56. The molecule has 1 fully saturated rings. The van der Waals surface area contributed by atoms with Crippen molar-refractivity contribution >= 4 is 0 Å². The average molecular weight is 289 g/mol. The third kappa shape index (κ3) is 3.15. The SMILES string of the molecule is CCc1cc(-c2nc(CC3CCCNC3)no2)n(CC)n1. The van der Waals surface area contributed by atoms with Gasteiger partial charge in [0.15, 0.2) is 5.82 Å². The summed E-state index contributed by atoms with van der Waals surface area (Å²) >= 11 is 0. The highest BCUT2D eigenvalue weighted by atomic mass is 16.5. The molecule has 1 N–H and O–H groups in total. The molecule has 3 rings (SSSR count). The van der Waals surface area contributed by atoms with Gasteiger partial charge in [-0.15, -0.1) is 0 Å². The number of aryl methyl sites for hydroxylation is 2. The minimum absolute atomic E-state index is 0.586. The summed E-state index contributed by atoms with van der Waals surface area (Å²) in [5.74, 6) is 2.01. The lowest BCUT2D eigenvalue weighted by Gasteiger charge is -2.20. The maximum Gasteiger partial charge on any atom is 0.276 e. The summed E-state index contributed by atoms with van der Waals surface area (Å²) in [6.07, 6.45) is 4.27. The van der Waals surface area contributed by atoms with E-state index >= 15 is 0 Å². The van der Waals surface area contributed by atoms with Gasteiger partial charge in [-0.05, 0) is 51.3 Å². The van der Waals surface area contributed by atoms with E-state index < -0.39 is 0 Å². The third-order valence-electron chi connectivity index (χ3n) is 4.05. The lowest BCUT2D eigenvalue weighted by atomic mass is 9.96. The number of rotatable bonds is 5. The molecule has 114 valence electrons. The smallest absolute Gasteiger partial charge is 0.276 e. The first-order valence-corrected chi connectivity index (χ1v) is 7.90. The normalized spacial score (nSPS) is 19.0. The van der Waals surface area contributed by atoms with Crippen LogP contribution in [0.15, 0.2) is 10.6 Å². The van der Waals surface area contributed by atoms with Gasteiger partial charge in [0.25, 0.3) is 5.89 Å². The molecule has 2 aromatic rings. The van der Waals surface area contributed by atoms with Crippen LogP contribution in [-0.4, -0.2) is 33.0 Å². The third-order valence-corrected chi connectivity index (χ3v) is 4.05. The Morgan fingerprint density at radius 2 is 2.33 bits per heavy atom. The van der Waals surface area contributed by atoms with Crippen molar-refractivity contribution in [3.63, 3.8) is 0 Å². The zero-order valence-corrected chi connectivity index (χ0v) is 12.8. The van der Waals surface area contributed by atoms with Gasteiger partial charge < -0.3 is 9.84 Å². The summed E-state index contributed by atoms with van der Waals surface area (Å²) in [5.41, 5.74) is 1.98. The second-order valence-electron chi connectivity index (χ2n) is 5.62. The highest BCUT2D eigenvalue weighted by Crippen LogP contribution is 2.21. The minimum Gasteiger partial charge on any atom is -0.332 e. The predicted molar refractivity (Wildman–Crippen MR) is 79.9 cm³/mol. The zero-order valence-electron chi connectivity index (χ0n) is 12.8. The van der Waals surface area contributed by atoms with Crippen LogP contribution in [0.3, 0.4) is 0 Å². The van der Waals surface area contributed by atoms with Crippen molar-refractivity contribution in [2.75, 3.05) is 13.1 Å². The van der Waals surface area contributed by atoms with E-state index in [2.05, 4.69) is 34.4 Å². The predicted octanol–water partition coefficient (Wildman–Crippen LogP) is 2.06. The number of hydrogen-bond donors (Lipinski definition) is 1. The molecule has 2 aromatic heterocycles. The van der Waals surface area contributed by atoms with Crippen molar-refractivity contribution in [1.82, 2.24) is 25.2 Å². The molecule has 1 aliphatic rings. The molecule has 6 nitrogen and oxygen atoms in total. The van der Waals surface area contributed by atoms with Gasteiger partial charge in [0.1, 0.15) is 5.69 Å². The van der Waals surface area contributed by atoms with Gasteiger partial charge in [-0.2, -0.15) is 10.1 Å². The second kappa shape index (κ2) is 6.39. The van der Waals surface area contributed by atoms with E-state index in [1.807, 2.05) is 10.7 Å². The van der Waals surface area contributed by atoms with Crippen LogP contribution in [0.5, 0.6) is 0 Å². The number of piperidine rings is 1. The molecule has 1 atom stereocenters. The van der Waals surface area contributed by atoms with Gasteiger partial charge in [-0.25, -0.2) is 0 Å². The zero-order chi connectivity index (χ0) is 14.7. The summed E-state index contributed by atoms with van der Waals surface area (Å²) in [5, 5.41) is 12.1. The fourth-order valence-electron chi connectivity index (χ4n) is 2.85. The quantitative estimate of drug-likeness (QED) is 0.912. The first-order valence-electron chi connectivity index (χ1n) is 7.90. The number of nitrogens with one attached hydrogen (secondary N) is 1. The highest BCUT2D eigenvalue weighted by Gasteiger charge is 2.19. The van der Waals surface area contributed by atoms with Crippen LogP contribution in [0.4, 0.5) is 0 Å². The van der Waals surface area contributed by atoms with E-state index in [1.54, 1.807) is 0 Å². The van der Waals surface area contributed by atoms with E-state index in [4.69, 9.17) is 4.52 Å². The maximum atomic E-state index is 5.45. The Balaban J connectivity index is 1.76. The maximum absolute atomic E-state index is 5.45. The standard InChI is InChI=1S/C15H23N5O/c1-3-12-9-13(20(4-2)18-12)15-17-14(19-21-15)8-11-6-5-7-16-10-11/h9,11,16H,3-8,10H2,1-2H3. The molecule has 0 saturated carbocycles.